The van der Waals surface area contributed by atoms with Crippen molar-refractivity contribution in [2.24, 2.45) is 0 Å². The van der Waals surface area contributed by atoms with E-state index in [-0.39, 0.29) is 5.97 Å². The number of carbonyl (C=O) groups is 1. The molecule has 0 saturated heterocycles. The van der Waals surface area contributed by atoms with Crippen molar-refractivity contribution in [3.05, 3.63) is 57.9 Å². The Balaban J connectivity index is 1.39. The molecule has 37 heavy (non-hydrogen) atoms. The number of thiazole rings is 1. The number of allylic oxidation sites excluding steroid dienone is 1. The molecule has 4 heterocycles. The van der Waals surface area contributed by atoms with Crippen LogP contribution in [0.2, 0.25) is 0 Å². The van der Waals surface area contributed by atoms with Gasteiger partial charge in [0, 0.05) is 37.6 Å². The first-order valence-corrected chi connectivity index (χ1v) is 13.8. The van der Waals surface area contributed by atoms with Crippen LogP contribution in [0.25, 0.3) is 0 Å². The molecule has 3 aromatic heterocycles. The highest BCUT2D eigenvalue weighted by Gasteiger charge is 2.27. The van der Waals surface area contributed by atoms with E-state index in [9.17, 15) is 4.79 Å². The second-order valence-corrected chi connectivity index (χ2v) is 10.3. The first-order valence-electron chi connectivity index (χ1n) is 13.0. The Morgan fingerprint density at radius 3 is 2.92 bits per heavy atom. The summed E-state index contributed by atoms with van der Waals surface area (Å²) in [6.45, 7) is 6.35. The summed E-state index contributed by atoms with van der Waals surface area (Å²) >= 11 is 1.26. The normalized spacial score (nSPS) is 14.8. The van der Waals surface area contributed by atoms with E-state index in [0.29, 0.717) is 28.3 Å². The number of rotatable bonds is 10. The fourth-order valence-corrected chi connectivity index (χ4v) is 5.64. The summed E-state index contributed by atoms with van der Waals surface area (Å²) in [6, 6.07) is 4.04. The molecular formula is C27H33N7O2S. The van der Waals surface area contributed by atoms with E-state index in [1.54, 1.807) is 20.0 Å². The maximum atomic E-state index is 12.3. The van der Waals surface area contributed by atoms with E-state index in [0.717, 1.165) is 55.2 Å². The number of nitrogens with one attached hydrogen (secondary N) is 2. The lowest BCUT2D eigenvalue weighted by Gasteiger charge is -2.20. The highest BCUT2D eigenvalue weighted by atomic mass is 32.1. The highest BCUT2D eigenvalue weighted by Crippen LogP contribution is 2.35. The zero-order chi connectivity index (χ0) is 25.6. The molecule has 0 radical (unpaired) electrons. The lowest BCUT2D eigenvalue weighted by Crippen LogP contribution is -2.21. The van der Waals surface area contributed by atoms with Crippen molar-refractivity contribution in [1.82, 2.24) is 19.9 Å². The standard InChI is InChI=1S/C27H33N7O2S/c1-3-36-25(35)22-18(2)30-27(37-22)33-26-31-23(29-14-11-19-8-5-4-6-9-19)21-12-15-34(24(21)32-26)17-20-10-7-13-28-16-20/h7-8,10,13,16H,3-6,9,11-12,14-15,17H2,1-2H3,(H2,29,30,31,32,33). The average molecular weight is 520 g/mol. The van der Waals surface area contributed by atoms with Crippen LogP contribution >= 0.6 is 11.3 Å². The average Bonchev–Trinajstić information content (AvgIpc) is 3.48. The molecule has 2 aliphatic rings. The molecule has 5 rings (SSSR count). The molecule has 0 saturated carbocycles. The van der Waals surface area contributed by atoms with Gasteiger partial charge in [0.15, 0.2) is 5.13 Å². The summed E-state index contributed by atoms with van der Waals surface area (Å²) < 4.78 is 5.16. The molecule has 0 aromatic carbocycles. The van der Waals surface area contributed by atoms with Crippen molar-refractivity contribution in [3.63, 3.8) is 0 Å². The molecule has 9 nitrogen and oxygen atoms in total. The van der Waals surface area contributed by atoms with E-state index in [1.165, 1.54) is 42.6 Å². The summed E-state index contributed by atoms with van der Waals surface area (Å²) in [5.41, 5.74) is 4.43. The van der Waals surface area contributed by atoms with Gasteiger partial charge in [-0.3, -0.25) is 10.3 Å². The fourth-order valence-electron chi connectivity index (χ4n) is 4.79. The quantitative estimate of drug-likeness (QED) is 0.268. The van der Waals surface area contributed by atoms with Crippen LogP contribution in [-0.2, 0) is 17.7 Å². The predicted molar refractivity (Wildman–Crippen MR) is 147 cm³/mol. The van der Waals surface area contributed by atoms with Gasteiger partial charge in [-0.15, -0.1) is 0 Å². The molecular weight excluding hydrogens is 486 g/mol. The van der Waals surface area contributed by atoms with Crippen LogP contribution in [0.1, 0.15) is 65.5 Å². The minimum atomic E-state index is -0.359. The molecule has 3 aromatic rings. The number of hydrogen-bond acceptors (Lipinski definition) is 10. The molecule has 0 fully saturated rings. The topological polar surface area (TPSA) is 105 Å². The number of ether oxygens (including phenoxy) is 1. The smallest absolute Gasteiger partial charge is 0.350 e. The van der Waals surface area contributed by atoms with Crippen LogP contribution in [0.15, 0.2) is 36.2 Å². The molecule has 0 unspecified atom stereocenters. The fraction of sp³-hybridized carbons (Fsp3) is 0.444. The van der Waals surface area contributed by atoms with Gasteiger partial charge in [0.2, 0.25) is 5.95 Å². The molecule has 10 heteroatoms. The number of aromatic nitrogens is 4. The molecule has 0 bridgehead atoms. The van der Waals surface area contributed by atoms with Crippen molar-refractivity contribution in [2.45, 2.75) is 58.9 Å². The molecule has 1 aliphatic carbocycles. The van der Waals surface area contributed by atoms with Gasteiger partial charge in [-0.25, -0.2) is 9.78 Å². The van der Waals surface area contributed by atoms with Crippen LogP contribution in [-0.4, -0.2) is 45.6 Å². The summed E-state index contributed by atoms with van der Waals surface area (Å²) in [6.07, 6.45) is 12.9. The summed E-state index contributed by atoms with van der Waals surface area (Å²) in [4.78, 5) is 33.5. The zero-order valence-electron chi connectivity index (χ0n) is 21.4. The Morgan fingerprint density at radius 2 is 2.14 bits per heavy atom. The molecule has 194 valence electrons. The van der Waals surface area contributed by atoms with Gasteiger partial charge < -0.3 is 15.0 Å². The van der Waals surface area contributed by atoms with Gasteiger partial charge in [0.25, 0.3) is 0 Å². The lowest BCUT2D eigenvalue weighted by molar-refractivity contribution is 0.0531. The minimum Gasteiger partial charge on any atom is -0.462 e. The third-order valence-corrected chi connectivity index (χ3v) is 7.67. The molecule has 0 atom stereocenters. The number of pyridine rings is 1. The molecule has 0 amide bonds. The van der Waals surface area contributed by atoms with Gasteiger partial charge >= 0.3 is 5.97 Å². The monoisotopic (exact) mass is 519 g/mol. The second-order valence-electron chi connectivity index (χ2n) is 9.29. The Hall–Kier alpha value is -3.53. The number of carbonyl (C=O) groups excluding carboxylic acids is 1. The number of esters is 1. The van der Waals surface area contributed by atoms with Crippen LogP contribution < -0.4 is 15.5 Å². The third kappa shape index (κ3) is 6.07. The van der Waals surface area contributed by atoms with E-state index < -0.39 is 0 Å². The van der Waals surface area contributed by atoms with Gasteiger partial charge in [0.1, 0.15) is 16.5 Å². The van der Waals surface area contributed by atoms with Crippen molar-refractivity contribution in [3.8, 4) is 0 Å². The lowest BCUT2D eigenvalue weighted by atomic mass is 9.97. The molecule has 0 spiro atoms. The van der Waals surface area contributed by atoms with E-state index in [4.69, 9.17) is 14.7 Å². The number of aryl methyl sites for hydroxylation is 1. The first kappa shape index (κ1) is 25.1. The predicted octanol–water partition coefficient (Wildman–Crippen LogP) is 5.42. The Labute approximate surface area is 221 Å². The first-order chi connectivity index (χ1) is 18.1. The SMILES string of the molecule is CCOC(=O)c1sc(Nc2nc(NCCC3=CCCCC3)c3c(n2)N(Cc2cccnc2)CC3)nc1C. The van der Waals surface area contributed by atoms with Gasteiger partial charge in [-0.05, 0) is 64.0 Å². The van der Waals surface area contributed by atoms with Crippen LogP contribution in [0, 0.1) is 6.92 Å². The van der Waals surface area contributed by atoms with E-state index in [2.05, 4.69) is 37.6 Å². The number of nitrogens with zero attached hydrogens (tertiary/aromatic N) is 5. The highest BCUT2D eigenvalue weighted by molar-refractivity contribution is 7.17. The Kier molecular flexibility index (Phi) is 7.93. The van der Waals surface area contributed by atoms with Gasteiger partial charge in [-0.2, -0.15) is 9.97 Å². The van der Waals surface area contributed by atoms with Crippen LogP contribution in [0.4, 0.5) is 22.7 Å². The van der Waals surface area contributed by atoms with E-state index >= 15 is 0 Å². The van der Waals surface area contributed by atoms with Crippen molar-refractivity contribution < 1.29 is 9.53 Å². The molecule has 2 N–H and O–H groups in total. The summed E-state index contributed by atoms with van der Waals surface area (Å²) in [7, 11) is 0. The number of hydrogen-bond donors (Lipinski definition) is 2. The summed E-state index contributed by atoms with van der Waals surface area (Å²) in [5.74, 6) is 1.87. The number of fused-ring (bicyclic) bond motifs is 1. The number of anilines is 4. The van der Waals surface area contributed by atoms with Crippen molar-refractivity contribution in [2.75, 3.05) is 35.2 Å². The van der Waals surface area contributed by atoms with Crippen molar-refractivity contribution >= 4 is 40.0 Å². The van der Waals surface area contributed by atoms with Gasteiger partial charge in [-0.1, -0.05) is 29.1 Å². The van der Waals surface area contributed by atoms with Crippen LogP contribution in [0.5, 0.6) is 0 Å². The Bertz CT molecular complexity index is 1280. The molecule has 1 aliphatic heterocycles. The van der Waals surface area contributed by atoms with Crippen LogP contribution in [0.3, 0.4) is 0 Å². The largest absolute Gasteiger partial charge is 0.462 e. The zero-order valence-corrected chi connectivity index (χ0v) is 22.2. The summed E-state index contributed by atoms with van der Waals surface area (Å²) in [5, 5.41) is 7.40. The van der Waals surface area contributed by atoms with E-state index in [1.807, 2.05) is 12.3 Å². The maximum Gasteiger partial charge on any atom is 0.350 e. The third-order valence-electron chi connectivity index (χ3n) is 6.61. The van der Waals surface area contributed by atoms with Gasteiger partial charge in [0.05, 0.1) is 12.3 Å². The minimum absolute atomic E-state index is 0.325. The second kappa shape index (κ2) is 11.7. The van der Waals surface area contributed by atoms with Crippen molar-refractivity contribution in [1.29, 1.82) is 0 Å². The Morgan fingerprint density at radius 1 is 1.22 bits per heavy atom. The maximum absolute atomic E-state index is 12.3.